The van der Waals surface area contributed by atoms with Crippen LogP contribution < -0.4 is 10.4 Å². The van der Waals surface area contributed by atoms with Crippen molar-refractivity contribution >= 4 is 21.9 Å². The van der Waals surface area contributed by atoms with Gasteiger partial charge in [0, 0.05) is 10.7 Å². The number of halogens is 1. The molecule has 0 aliphatic carbocycles. The Balaban J connectivity index is 2.16. The lowest BCUT2D eigenvalue weighted by Crippen LogP contribution is -2.30. The quantitative estimate of drug-likeness (QED) is 0.933. The van der Waals surface area contributed by atoms with Gasteiger partial charge in [0.15, 0.2) is 0 Å². The van der Waals surface area contributed by atoms with E-state index in [0.29, 0.717) is 0 Å². The Morgan fingerprint density at radius 2 is 1.95 bits per heavy atom. The van der Waals surface area contributed by atoms with Gasteiger partial charge < -0.3 is 9.94 Å². The van der Waals surface area contributed by atoms with Gasteiger partial charge in [-0.3, -0.25) is 4.79 Å². The second-order valence-corrected chi connectivity index (χ2v) is 4.67. The molecular weight excluding hydrogens is 314 g/mol. The maximum atomic E-state index is 11.7. The van der Waals surface area contributed by atoms with E-state index < -0.39 is 11.5 Å². The molecule has 98 valence electrons. The Kier molecular flexibility index (Phi) is 4.01. The number of hydrogen-bond donors (Lipinski definition) is 1. The molecule has 1 aromatic heterocycles. The third-order valence-electron chi connectivity index (χ3n) is 2.43. The summed E-state index contributed by atoms with van der Waals surface area (Å²) in [6.07, 6.45) is 1.38. The van der Waals surface area contributed by atoms with E-state index in [9.17, 15) is 9.59 Å². The number of benzene rings is 1. The fourth-order valence-electron chi connectivity index (χ4n) is 1.46. The van der Waals surface area contributed by atoms with Gasteiger partial charge in [-0.05, 0) is 29.8 Å². The molecule has 0 atom stereocenters. The monoisotopic (exact) mass is 323 g/mol. The zero-order valence-electron chi connectivity index (χ0n) is 9.75. The molecule has 0 radical (unpaired) electrons. The van der Waals surface area contributed by atoms with Crippen molar-refractivity contribution in [2.45, 2.75) is 6.61 Å². The van der Waals surface area contributed by atoms with E-state index in [1.165, 1.54) is 18.3 Å². The van der Waals surface area contributed by atoms with Crippen LogP contribution in [0.2, 0.25) is 0 Å². The first kappa shape index (κ1) is 13.4. The van der Waals surface area contributed by atoms with Crippen molar-refractivity contribution in [2.75, 3.05) is 0 Å². The second-order valence-electron chi connectivity index (χ2n) is 3.76. The molecule has 5 nitrogen and oxygen atoms in total. The highest BCUT2D eigenvalue weighted by atomic mass is 79.9. The molecule has 0 spiro atoms. The zero-order chi connectivity index (χ0) is 13.8. The summed E-state index contributed by atoms with van der Waals surface area (Å²) in [5.41, 5.74) is -0.138. The molecule has 0 saturated carbocycles. The summed E-state index contributed by atoms with van der Waals surface area (Å²) in [4.78, 5) is 27.8. The Bertz CT molecular complexity index is 648. The van der Waals surface area contributed by atoms with Gasteiger partial charge in [0.05, 0.1) is 0 Å². The Morgan fingerprint density at radius 1 is 1.26 bits per heavy atom. The summed E-state index contributed by atoms with van der Waals surface area (Å²) in [5, 5.41) is 8.83. The molecule has 2 rings (SSSR count). The zero-order valence-corrected chi connectivity index (χ0v) is 11.3. The number of rotatable bonds is 4. The lowest BCUT2D eigenvalue weighted by atomic mass is 10.2. The highest BCUT2D eigenvalue weighted by molar-refractivity contribution is 9.10. The summed E-state index contributed by atoms with van der Waals surface area (Å²) < 4.78 is 1.87. The minimum Gasteiger partial charge on any atom is -0.477 e. The Labute approximate surface area is 117 Å². The molecule has 0 saturated heterocycles. The van der Waals surface area contributed by atoms with Crippen molar-refractivity contribution in [3.8, 4) is 0 Å². The van der Waals surface area contributed by atoms with Gasteiger partial charge in [-0.15, -0.1) is 0 Å². The van der Waals surface area contributed by atoms with Crippen molar-refractivity contribution in [2.24, 2.45) is 0 Å². The summed E-state index contributed by atoms with van der Waals surface area (Å²) in [7, 11) is 0. The van der Waals surface area contributed by atoms with Crippen molar-refractivity contribution in [3.05, 3.63) is 68.5 Å². The number of pyridine rings is 1. The van der Waals surface area contributed by atoms with Crippen LogP contribution in [0, 0.1) is 0 Å². The SMILES string of the molecule is O=C(O)c1cccn(OCc2ccc(Br)cc2)c1=O. The van der Waals surface area contributed by atoms with E-state index in [0.717, 1.165) is 14.8 Å². The molecule has 19 heavy (non-hydrogen) atoms. The van der Waals surface area contributed by atoms with E-state index in [4.69, 9.17) is 9.94 Å². The van der Waals surface area contributed by atoms with Crippen LogP contribution in [-0.4, -0.2) is 15.8 Å². The molecule has 0 amide bonds. The Hall–Kier alpha value is -2.08. The van der Waals surface area contributed by atoms with E-state index in [2.05, 4.69) is 15.9 Å². The van der Waals surface area contributed by atoms with Crippen molar-refractivity contribution in [3.63, 3.8) is 0 Å². The van der Waals surface area contributed by atoms with Gasteiger partial charge in [0.25, 0.3) is 5.56 Å². The number of carboxylic acids is 1. The minimum absolute atomic E-state index is 0.177. The molecule has 0 fully saturated rings. The lowest BCUT2D eigenvalue weighted by Gasteiger charge is -2.08. The number of carbonyl (C=O) groups is 1. The van der Waals surface area contributed by atoms with Crippen LogP contribution in [0.1, 0.15) is 15.9 Å². The number of carboxylic acid groups (broad SMARTS) is 1. The molecule has 1 N–H and O–H groups in total. The van der Waals surface area contributed by atoms with Crippen LogP contribution in [0.3, 0.4) is 0 Å². The smallest absolute Gasteiger partial charge is 0.341 e. The van der Waals surface area contributed by atoms with Crippen LogP contribution in [-0.2, 0) is 6.61 Å². The molecule has 2 aromatic rings. The summed E-state index contributed by atoms with van der Waals surface area (Å²) in [6, 6.07) is 10.1. The first-order valence-corrected chi connectivity index (χ1v) is 6.20. The standard InChI is InChI=1S/C13H10BrNO4/c14-10-5-3-9(4-6-10)8-19-15-7-1-2-11(12(15)16)13(17)18/h1-7H,8H2,(H,17,18). The highest BCUT2D eigenvalue weighted by Crippen LogP contribution is 2.10. The van der Waals surface area contributed by atoms with E-state index >= 15 is 0 Å². The van der Waals surface area contributed by atoms with Crippen LogP contribution in [0.15, 0.2) is 51.9 Å². The molecule has 6 heteroatoms. The third-order valence-corrected chi connectivity index (χ3v) is 2.96. The largest absolute Gasteiger partial charge is 0.477 e. The number of aromatic nitrogens is 1. The number of aromatic carboxylic acids is 1. The molecule has 1 aromatic carbocycles. The van der Waals surface area contributed by atoms with Gasteiger partial charge in [0.2, 0.25) is 0 Å². The third kappa shape index (κ3) is 3.23. The molecule has 0 aliphatic rings. The lowest BCUT2D eigenvalue weighted by molar-refractivity contribution is 0.0668. The summed E-state index contributed by atoms with van der Waals surface area (Å²) in [5.74, 6) is -1.27. The van der Waals surface area contributed by atoms with Crippen LogP contribution in [0.4, 0.5) is 0 Å². The van der Waals surface area contributed by atoms with Crippen molar-refractivity contribution in [1.29, 1.82) is 0 Å². The average Bonchev–Trinajstić information content (AvgIpc) is 2.39. The minimum atomic E-state index is -1.27. The molecule has 0 bridgehead atoms. The number of nitrogens with zero attached hydrogens (tertiary/aromatic N) is 1. The molecule has 0 unspecified atom stereocenters. The normalized spacial score (nSPS) is 10.2. The first-order chi connectivity index (χ1) is 9.08. The van der Waals surface area contributed by atoms with Crippen molar-refractivity contribution in [1.82, 2.24) is 4.73 Å². The van der Waals surface area contributed by atoms with Gasteiger partial charge >= 0.3 is 5.97 Å². The molecule has 0 aliphatic heterocycles. The predicted molar refractivity (Wildman–Crippen MR) is 72.1 cm³/mol. The predicted octanol–water partition coefficient (Wildman–Crippen LogP) is 1.94. The van der Waals surface area contributed by atoms with Gasteiger partial charge in [-0.1, -0.05) is 28.1 Å². The van der Waals surface area contributed by atoms with Crippen LogP contribution >= 0.6 is 15.9 Å². The Morgan fingerprint density at radius 3 is 2.58 bits per heavy atom. The summed E-state index contributed by atoms with van der Waals surface area (Å²) >= 11 is 3.32. The van der Waals surface area contributed by atoms with Crippen molar-refractivity contribution < 1.29 is 14.7 Å². The maximum Gasteiger partial charge on any atom is 0.341 e. The summed E-state index contributed by atoms with van der Waals surface area (Å²) in [6.45, 7) is 0.177. The van der Waals surface area contributed by atoms with Crippen LogP contribution in [0.5, 0.6) is 0 Å². The van der Waals surface area contributed by atoms with E-state index in [-0.39, 0.29) is 12.2 Å². The average molecular weight is 324 g/mol. The fraction of sp³-hybridized carbons (Fsp3) is 0.0769. The highest BCUT2D eigenvalue weighted by Gasteiger charge is 2.10. The maximum absolute atomic E-state index is 11.7. The topological polar surface area (TPSA) is 68.5 Å². The fourth-order valence-corrected chi connectivity index (χ4v) is 1.73. The molecule has 1 heterocycles. The van der Waals surface area contributed by atoms with Gasteiger partial charge in [0.1, 0.15) is 12.2 Å². The van der Waals surface area contributed by atoms with E-state index in [1.54, 1.807) is 0 Å². The van der Waals surface area contributed by atoms with E-state index in [1.807, 2.05) is 24.3 Å². The first-order valence-electron chi connectivity index (χ1n) is 5.40. The molecular formula is C13H10BrNO4. The van der Waals surface area contributed by atoms with Crippen LogP contribution in [0.25, 0.3) is 0 Å². The number of hydrogen-bond acceptors (Lipinski definition) is 3. The van der Waals surface area contributed by atoms with Gasteiger partial charge in [-0.2, -0.15) is 4.73 Å². The van der Waals surface area contributed by atoms with Gasteiger partial charge in [-0.25, -0.2) is 4.79 Å². The second kappa shape index (κ2) is 5.71.